The fourth-order valence-corrected chi connectivity index (χ4v) is 3.19. The van der Waals surface area contributed by atoms with Crippen molar-refractivity contribution in [1.29, 1.82) is 0 Å². The molecular weight excluding hydrogens is 417 g/mol. The summed E-state index contributed by atoms with van der Waals surface area (Å²) in [6, 6.07) is 3.63. The molecule has 1 aliphatic rings. The second kappa shape index (κ2) is 6.67. The van der Waals surface area contributed by atoms with Gasteiger partial charge in [0.25, 0.3) is 6.43 Å². The first-order valence-electron chi connectivity index (χ1n) is 7.39. The van der Waals surface area contributed by atoms with Crippen LogP contribution in [-0.2, 0) is 12.0 Å². The minimum Gasteiger partial charge on any atom is -0.465 e. The molecule has 1 amide bonds. The molecule has 1 unspecified atom stereocenters. The van der Waals surface area contributed by atoms with Crippen LogP contribution in [0.15, 0.2) is 33.9 Å². The van der Waals surface area contributed by atoms with Crippen LogP contribution in [0.3, 0.4) is 0 Å². The highest BCUT2D eigenvalue weighted by Gasteiger charge is 2.48. The number of carbonyl (C=O) groups is 1. The molecule has 1 atom stereocenters. The van der Waals surface area contributed by atoms with Crippen LogP contribution in [0.4, 0.5) is 18.0 Å². The zero-order chi connectivity index (χ0) is 19.1. The average Bonchev–Trinajstić information content (AvgIpc) is 2.55. The molecule has 136 valence electrons. The molecule has 0 aliphatic carbocycles. The smallest absolute Gasteiger partial charge is 0.410 e. The van der Waals surface area contributed by atoms with Crippen LogP contribution in [0.25, 0.3) is 0 Å². The number of carboxylic acid groups (broad SMARTS) is 1. The zero-order valence-corrected chi connectivity index (χ0v) is 14.9. The van der Waals surface area contributed by atoms with Gasteiger partial charge in [-0.2, -0.15) is 0 Å². The topological polar surface area (TPSA) is 87.5 Å². The van der Waals surface area contributed by atoms with E-state index >= 15 is 0 Å². The van der Waals surface area contributed by atoms with Gasteiger partial charge in [-0.1, -0.05) is 15.9 Å². The van der Waals surface area contributed by atoms with Crippen LogP contribution in [0.1, 0.15) is 22.6 Å². The first-order valence-corrected chi connectivity index (χ1v) is 8.18. The number of hydrogen-bond donors (Lipinski definition) is 2. The maximum Gasteiger partial charge on any atom is 0.410 e. The predicted molar refractivity (Wildman–Crippen MR) is 90.0 cm³/mol. The maximum absolute atomic E-state index is 14.4. The normalized spacial score (nSPS) is 19.1. The van der Waals surface area contributed by atoms with Gasteiger partial charge >= 0.3 is 6.09 Å². The lowest BCUT2D eigenvalue weighted by Gasteiger charge is -2.34. The molecule has 0 saturated heterocycles. The van der Waals surface area contributed by atoms with Crippen molar-refractivity contribution in [3.8, 4) is 0 Å². The van der Waals surface area contributed by atoms with Crippen molar-refractivity contribution in [3.05, 3.63) is 57.3 Å². The van der Waals surface area contributed by atoms with Crippen molar-refractivity contribution in [3.63, 3.8) is 0 Å². The number of fused-ring (bicyclic) bond motifs is 1. The molecule has 1 aliphatic heterocycles. The van der Waals surface area contributed by atoms with Gasteiger partial charge in [-0.25, -0.2) is 32.9 Å². The van der Waals surface area contributed by atoms with Gasteiger partial charge in [0.1, 0.15) is 17.5 Å². The molecule has 26 heavy (non-hydrogen) atoms. The molecule has 1 aromatic carbocycles. The van der Waals surface area contributed by atoms with Crippen LogP contribution in [0.5, 0.6) is 0 Å². The lowest BCUT2D eigenvalue weighted by molar-refractivity contribution is 0.0493. The van der Waals surface area contributed by atoms with Gasteiger partial charge in [-0.15, -0.1) is 0 Å². The summed E-state index contributed by atoms with van der Waals surface area (Å²) in [6.07, 6.45) is -3.70. The van der Waals surface area contributed by atoms with E-state index in [-0.39, 0.29) is 22.7 Å². The molecule has 2 N–H and O–H groups in total. The molecule has 0 bridgehead atoms. The van der Waals surface area contributed by atoms with Gasteiger partial charge in [0.05, 0.1) is 11.3 Å². The number of aryl methyl sites for hydroxylation is 1. The Hall–Kier alpha value is -2.49. The molecule has 10 heteroatoms. The van der Waals surface area contributed by atoms with E-state index in [4.69, 9.17) is 5.11 Å². The molecule has 0 fully saturated rings. The van der Waals surface area contributed by atoms with Crippen LogP contribution < -0.4 is 5.32 Å². The second-order valence-corrected chi connectivity index (χ2v) is 6.61. The Bertz CT molecular complexity index is 922. The van der Waals surface area contributed by atoms with Crippen molar-refractivity contribution >= 4 is 27.9 Å². The largest absolute Gasteiger partial charge is 0.465 e. The van der Waals surface area contributed by atoms with Crippen molar-refractivity contribution < 1.29 is 23.1 Å². The second-order valence-electron chi connectivity index (χ2n) is 5.69. The van der Waals surface area contributed by atoms with E-state index in [1.807, 2.05) is 5.32 Å². The van der Waals surface area contributed by atoms with E-state index < -0.39 is 30.3 Å². The summed E-state index contributed by atoms with van der Waals surface area (Å²) in [7, 11) is 0. The quantitative estimate of drug-likeness (QED) is 0.766. The molecule has 6 nitrogen and oxygen atoms in total. The first-order chi connectivity index (χ1) is 12.2. The van der Waals surface area contributed by atoms with Crippen LogP contribution in [-0.4, -0.2) is 33.4 Å². The number of amides is 1. The van der Waals surface area contributed by atoms with Crippen molar-refractivity contribution in [1.82, 2.24) is 15.3 Å². The molecule has 2 aromatic rings. The van der Waals surface area contributed by atoms with Crippen LogP contribution >= 0.6 is 15.9 Å². The summed E-state index contributed by atoms with van der Waals surface area (Å²) in [5.41, 5.74) is -2.33. The molecule has 1 aromatic heterocycles. The molecule has 0 spiro atoms. The summed E-state index contributed by atoms with van der Waals surface area (Å²) < 4.78 is 43.1. The minimum atomic E-state index is -3.11. The Kier molecular flexibility index (Phi) is 4.70. The molecular formula is C16H12BrF3N4O2. The Balaban J connectivity index is 2.28. The number of nitrogens with zero attached hydrogens (tertiary/aromatic N) is 3. The van der Waals surface area contributed by atoms with Crippen molar-refractivity contribution in [2.24, 2.45) is 4.99 Å². The fourth-order valence-electron chi connectivity index (χ4n) is 2.83. The summed E-state index contributed by atoms with van der Waals surface area (Å²) in [5.74, 6) is -0.905. The minimum absolute atomic E-state index is 0.163. The van der Waals surface area contributed by atoms with E-state index in [1.165, 1.54) is 18.3 Å². The number of rotatable bonds is 2. The molecule has 0 radical (unpaired) electrons. The lowest BCUT2D eigenvalue weighted by Crippen LogP contribution is -2.45. The highest BCUT2D eigenvalue weighted by Crippen LogP contribution is 2.41. The highest BCUT2D eigenvalue weighted by molar-refractivity contribution is 9.10. The number of aromatic nitrogens is 2. The van der Waals surface area contributed by atoms with E-state index in [0.717, 1.165) is 6.07 Å². The summed E-state index contributed by atoms with van der Waals surface area (Å²) in [4.78, 5) is 23.1. The van der Waals surface area contributed by atoms with E-state index in [2.05, 4.69) is 30.9 Å². The van der Waals surface area contributed by atoms with Gasteiger partial charge in [-0.05, 0) is 25.1 Å². The Morgan fingerprint density at radius 2 is 2.15 bits per heavy atom. The number of nitrogens with one attached hydrogen (secondary N) is 1. The lowest BCUT2D eigenvalue weighted by atomic mass is 9.82. The summed E-state index contributed by atoms with van der Waals surface area (Å²) >= 11 is 3.14. The van der Waals surface area contributed by atoms with Gasteiger partial charge in [0.15, 0.2) is 5.54 Å². The van der Waals surface area contributed by atoms with E-state index in [1.54, 1.807) is 6.92 Å². The van der Waals surface area contributed by atoms with Gasteiger partial charge < -0.3 is 5.11 Å². The van der Waals surface area contributed by atoms with Crippen LogP contribution in [0.2, 0.25) is 0 Å². The standard InChI is InChI=1S/C16H12BrF3N4O2/c1-7-21-6-9-12(22-7)5-16(14(19)20,24-13(9)23-15(25)26)10-4-8(17)2-3-11(10)18/h2-4,6,14H,5H2,1H3,(H,23,24)(H,25,26). The zero-order valence-electron chi connectivity index (χ0n) is 13.3. The Morgan fingerprint density at radius 3 is 2.81 bits per heavy atom. The average molecular weight is 429 g/mol. The number of halogens is 4. The van der Waals surface area contributed by atoms with Gasteiger partial charge in [0, 0.05) is 22.7 Å². The van der Waals surface area contributed by atoms with E-state index in [9.17, 15) is 18.0 Å². The summed E-state index contributed by atoms with van der Waals surface area (Å²) in [5, 5.41) is 11.0. The number of hydrogen-bond acceptors (Lipinski definition) is 4. The number of alkyl halides is 2. The Morgan fingerprint density at radius 1 is 1.42 bits per heavy atom. The number of aliphatic imine (C=N–C) groups is 1. The fraction of sp³-hybridized carbons (Fsp3) is 0.250. The monoisotopic (exact) mass is 428 g/mol. The van der Waals surface area contributed by atoms with Crippen LogP contribution in [0, 0.1) is 12.7 Å². The number of amidine groups is 1. The molecule has 0 saturated carbocycles. The number of benzene rings is 1. The van der Waals surface area contributed by atoms with Crippen molar-refractivity contribution in [2.45, 2.75) is 25.3 Å². The summed E-state index contributed by atoms with van der Waals surface area (Å²) in [6.45, 7) is 1.57. The van der Waals surface area contributed by atoms with Gasteiger partial charge in [-0.3, -0.25) is 5.32 Å². The van der Waals surface area contributed by atoms with Gasteiger partial charge in [0.2, 0.25) is 0 Å². The highest BCUT2D eigenvalue weighted by atomic mass is 79.9. The van der Waals surface area contributed by atoms with Crippen molar-refractivity contribution in [2.75, 3.05) is 0 Å². The third kappa shape index (κ3) is 3.16. The Labute approximate surface area is 154 Å². The molecule has 2 heterocycles. The maximum atomic E-state index is 14.4. The van der Waals surface area contributed by atoms with E-state index in [0.29, 0.717) is 10.3 Å². The predicted octanol–water partition coefficient (Wildman–Crippen LogP) is 3.42. The molecule has 3 rings (SSSR count). The third-order valence-electron chi connectivity index (χ3n) is 3.97. The first kappa shape index (κ1) is 18.3. The SMILES string of the molecule is Cc1ncc2c(n1)CC(c1cc(Br)ccc1F)(C(F)F)N=C2NC(=O)O. The third-order valence-corrected chi connectivity index (χ3v) is 4.47.